The lowest BCUT2D eigenvalue weighted by atomic mass is 9.97. The first-order chi connectivity index (χ1) is 8.54. The third-order valence-electron chi connectivity index (χ3n) is 2.69. The summed E-state index contributed by atoms with van der Waals surface area (Å²) in [5.74, 6) is 2.22. The molecule has 1 aromatic carbocycles. The van der Waals surface area contributed by atoms with Gasteiger partial charge >= 0.3 is 0 Å². The van der Waals surface area contributed by atoms with Crippen LogP contribution in [0.1, 0.15) is 17.2 Å². The topological polar surface area (TPSA) is 55.8 Å². The van der Waals surface area contributed by atoms with Crippen LogP contribution in [0.3, 0.4) is 0 Å². The summed E-state index contributed by atoms with van der Waals surface area (Å²) < 4.78 is 9.88. The van der Waals surface area contributed by atoms with E-state index < -0.39 is 6.10 Å². The number of methoxy groups -OCH3 is 2. The number of aliphatic hydroxyl groups is 1. The van der Waals surface area contributed by atoms with Gasteiger partial charge in [-0.1, -0.05) is 12.6 Å². The van der Waals surface area contributed by atoms with Crippen LogP contribution >= 0.6 is 0 Å². The highest BCUT2D eigenvalue weighted by molar-refractivity contribution is 5.59. The van der Waals surface area contributed by atoms with E-state index in [0.29, 0.717) is 11.3 Å². The van der Waals surface area contributed by atoms with Crippen LogP contribution in [0.15, 0.2) is 36.1 Å². The zero-order chi connectivity index (χ0) is 13.7. The molecule has 0 aromatic heterocycles. The number of rotatable bonds is 5. The average Bonchev–Trinajstić information content (AvgIpc) is 2.39. The molecule has 1 aromatic rings. The van der Waals surface area contributed by atoms with E-state index in [1.54, 1.807) is 31.3 Å². The van der Waals surface area contributed by atoms with Crippen molar-refractivity contribution in [2.75, 3.05) is 14.2 Å². The molecule has 1 rings (SSSR count). The molecule has 0 aliphatic carbocycles. The fraction of sp³-hybridized carbons (Fsp3) is 0.286. The first-order valence-corrected chi connectivity index (χ1v) is 5.36. The van der Waals surface area contributed by atoms with E-state index in [9.17, 15) is 9.90 Å². The minimum atomic E-state index is -1.01. The predicted octanol–water partition coefficient (Wildman–Crippen LogP) is 1.96. The molecule has 96 valence electrons. The van der Waals surface area contributed by atoms with Gasteiger partial charge in [-0.05, 0) is 30.2 Å². The fourth-order valence-corrected chi connectivity index (χ4v) is 1.63. The van der Waals surface area contributed by atoms with Crippen LogP contribution in [0.25, 0.3) is 0 Å². The molecular formula is C14H16O4. The van der Waals surface area contributed by atoms with Gasteiger partial charge in [0.05, 0.1) is 14.2 Å². The number of aryl methyl sites for hydroxylation is 1. The van der Waals surface area contributed by atoms with Gasteiger partial charge < -0.3 is 14.6 Å². The zero-order valence-corrected chi connectivity index (χ0v) is 10.7. The molecule has 1 unspecified atom stereocenters. The molecule has 0 radical (unpaired) electrons. The highest BCUT2D eigenvalue weighted by Gasteiger charge is 2.19. The normalized spacial score (nSPS) is 11.3. The Balaban J connectivity index is 3.08. The van der Waals surface area contributed by atoms with Crippen LogP contribution < -0.4 is 4.74 Å². The van der Waals surface area contributed by atoms with Crippen LogP contribution in [0.4, 0.5) is 0 Å². The molecule has 0 heterocycles. The summed E-state index contributed by atoms with van der Waals surface area (Å²) in [4.78, 5) is 10.6. The van der Waals surface area contributed by atoms with Gasteiger partial charge in [0.15, 0.2) is 5.94 Å². The van der Waals surface area contributed by atoms with Crippen molar-refractivity contribution in [1.82, 2.24) is 0 Å². The van der Waals surface area contributed by atoms with Gasteiger partial charge in [-0.15, -0.1) is 0 Å². The Morgan fingerprint density at radius 3 is 2.56 bits per heavy atom. The van der Waals surface area contributed by atoms with E-state index in [1.165, 1.54) is 7.11 Å². The molecule has 18 heavy (non-hydrogen) atoms. The largest absolute Gasteiger partial charge is 0.497 e. The Morgan fingerprint density at radius 1 is 1.44 bits per heavy atom. The molecule has 0 saturated heterocycles. The standard InChI is InChI=1S/C14H16O4/c1-9-7-11(17-3)5-6-12(9)14(16)10(2)13(8-15)18-4/h5-7,14,16H,2H2,1,3-4H3. The third kappa shape index (κ3) is 2.80. The first kappa shape index (κ1) is 14.0. The molecule has 0 spiro atoms. The Hall–Kier alpha value is -2.03. The van der Waals surface area contributed by atoms with E-state index >= 15 is 0 Å². The number of carbonyl (C=O) groups excluding carboxylic acids is 1. The van der Waals surface area contributed by atoms with Crippen molar-refractivity contribution in [3.63, 3.8) is 0 Å². The van der Waals surface area contributed by atoms with Crippen molar-refractivity contribution < 1.29 is 19.4 Å². The number of hydrogen-bond acceptors (Lipinski definition) is 4. The molecule has 0 fully saturated rings. The Labute approximate surface area is 106 Å². The number of aliphatic hydroxyl groups excluding tert-OH is 1. The van der Waals surface area contributed by atoms with E-state index in [0.717, 1.165) is 5.56 Å². The minimum absolute atomic E-state index is 0.0854. The lowest BCUT2D eigenvalue weighted by molar-refractivity contribution is 0.198. The SMILES string of the molecule is C=C(C(=C=O)OC)C(O)c1ccc(OC)cc1C. The minimum Gasteiger partial charge on any atom is -0.497 e. The molecule has 1 N–H and O–H groups in total. The second-order valence-corrected chi connectivity index (χ2v) is 3.79. The molecule has 0 bridgehead atoms. The van der Waals surface area contributed by atoms with Crippen molar-refractivity contribution >= 4 is 5.94 Å². The van der Waals surface area contributed by atoms with Crippen LogP contribution in [-0.2, 0) is 9.53 Å². The Kier molecular flexibility index (Phi) is 4.72. The fourth-order valence-electron chi connectivity index (χ4n) is 1.63. The monoisotopic (exact) mass is 248 g/mol. The van der Waals surface area contributed by atoms with Crippen molar-refractivity contribution in [2.45, 2.75) is 13.0 Å². The van der Waals surface area contributed by atoms with Gasteiger partial charge in [0, 0.05) is 5.57 Å². The van der Waals surface area contributed by atoms with Crippen molar-refractivity contribution in [3.05, 3.63) is 47.2 Å². The molecule has 4 nitrogen and oxygen atoms in total. The molecule has 0 aliphatic rings. The summed E-state index contributed by atoms with van der Waals surface area (Å²) in [5, 5.41) is 10.1. The van der Waals surface area contributed by atoms with Crippen LogP contribution in [0.2, 0.25) is 0 Å². The number of ether oxygens (including phenoxy) is 2. The van der Waals surface area contributed by atoms with Gasteiger partial charge in [0.25, 0.3) is 0 Å². The molecule has 0 amide bonds. The summed E-state index contributed by atoms with van der Waals surface area (Å²) in [5.41, 5.74) is 1.66. The lowest BCUT2D eigenvalue weighted by Gasteiger charge is -2.16. The molecule has 1 atom stereocenters. The quantitative estimate of drug-likeness (QED) is 0.491. The highest BCUT2D eigenvalue weighted by Crippen LogP contribution is 2.29. The summed E-state index contributed by atoms with van der Waals surface area (Å²) >= 11 is 0. The van der Waals surface area contributed by atoms with Crippen LogP contribution in [0.5, 0.6) is 5.75 Å². The van der Waals surface area contributed by atoms with Gasteiger partial charge in [0.1, 0.15) is 11.9 Å². The molecule has 0 aliphatic heterocycles. The lowest BCUT2D eigenvalue weighted by Crippen LogP contribution is -2.06. The van der Waals surface area contributed by atoms with Crippen molar-refractivity contribution in [2.24, 2.45) is 0 Å². The highest BCUT2D eigenvalue weighted by atomic mass is 16.5. The maximum Gasteiger partial charge on any atom is 0.208 e. The van der Waals surface area contributed by atoms with Gasteiger partial charge in [-0.3, -0.25) is 0 Å². The van der Waals surface area contributed by atoms with E-state index in [2.05, 4.69) is 6.58 Å². The summed E-state index contributed by atoms with van der Waals surface area (Å²) in [6, 6.07) is 5.25. The van der Waals surface area contributed by atoms with E-state index in [-0.39, 0.29) is 11.3 Å². The predicted molar refractivity (Wildman–Crippen MR) is 68.0 cm³/mol. The average molecular weight is 248 g/mol. The van der Waals surface area contributed by atoms with E-state index in [1.807, 2.05) is 6.92 Å². The third-order valence-corrected chi connectivity index (χ3v) is 2.69. The van der Waals surface area contributed by atoms with Crippen LogP contribution in [0, 0.1) is 6.92 Å². The van der Waals surface area contributed by atoms with E-state index in [4.69, 9.17) is 9.47 Å². The summed E-state index contributed by atoms with van der Waals surface area (Å²) in [6.45, 7) is 5.49. The molecular weight excluding hydrogens is 232 g/mol. The number of hydrogen-bond donors (Lipinski definition) is 1. The van der Waals surface area contributed by atoms with Gasteiger partial charge in [-0.25, -0.2) is 4.79 Å². The van der Waals surface area contributed by atoms with Crippen molar-refractivity contribution in [3.8, 4) is 5.75 Å². The summed E-state index contributed by atoms with van der Waals surface area (Å²) in [6.07, 6.45) is -1.01. The maximum atomic E-state index is 10.6. The Morgan fingerprint density at radius 2 is 2.11 bits per heavy atom. The Bertz CT molecular complexity index is 499. The van der Waals surface area contributed by atoms with Crippen molar-refractivity contribution in [1.29, 1.82) is 0 Å². The first-order valence-electron chi connectivity index (χ1n) is 5.36. The smallest absolute Gasteiger partial charge is 0.208 e. The van der Waals surface area contributed by atoms with Crippen LogP contribution in [-0.4, -0.2) is 25.3 Å². The second kappa shape index (κ2) is 6.05. The summed E-state index contributed by atoms with van der Waals surface area (Å²) in [7, 11) is 2.90. The maximum absolute atomic E-state index is 10.6. The molecule has 0 saturated carbocycles. The molecule has 4 heteroatoms. The van der Waals surface area contributed by atoms with Gasteiger partial charge in [0.2, 0.25) is 5.76 Å². The zero-order valence-electron chi connectivity index (χ0n) is 10.7. The van der Waals surface area contributed by atoms with Gasteiger partial charge in [-0.2, -0.15) is 0 Å². The number of benzene rings is 1. The second-order valence-electron chi connectivity index (χ2n) is 3.79.